The zero-order chi connectivity index (χ0) is 11.5. The standard InChI is InChI=1S/C13H14BrNO/c1-9-7-8-16-13(9)12(15-2)10-3-5-11(14)6-4-10/h3-8,12,15H,1-2H3. The second-order valence-corrected chi connectivity index (χ2v) is 4.66. The highest BCUT2D eigenvalue weighted by Crippen LogP contribution is 2.26. The Labute approximate surface area is 104 Å². The van der Waals surface area contributed by atoms with E-state index in [-0.39, 0.29) is 6.04 Å². The number of nitrogens with one attached hydrogen (secondary N) is 1. The lowest BCUT2D eigenvalue weighted by Crippen LogP contribution is -2.17. The number of benzene rings is 1. The van der Waals surface area contributed by atoms with E-state index in [1.54, 1.807) is 6.26 Å². The predicted molar refractivity (Wildman–Crippen MR) is 68.5 cm³/mol. The van der Waals surface area contributed by atoms with E-state index in [0.717, 1.165) is 10.2 Å². The van der Waals surface area contributed by atoms with Gasteiger partial charge < -0.3 is 9.73 Å². The Hall–Kier alpha value is -1.06. The molecule has 0 aliphatic rings. The fraction of sp³-hybridized carbons (Fsp3) is 0.231. The SMILES string of the molecule is CNC(c1ccc(Br)cc1)c1occc1C. The van der Waals surface area contributed by atoms with Crippen molar-refractivity contribution in [2.75, 3.05) is 7.05 Å². The quantitative estimate of drug-likeness (QED) is 0.928. The Morgan fingerprint density at radius 2 is 1.88 bits per heavy atom. The second-order valence-electron chi connectivity index (χ2n) is 3.74. The van der Waals surface area contributed by atoms with Crippen molar-refractivity contribution in [3.05, 3.63) is 58.0 Å². The molecule has 2 aromatic rings. The highest BCUT2D eigenvalue weighted by atomic mass is 79.9. The maximum Gasteiger partial charge on any atom is 0.128 e. The fourth-order valence-electron chi connectivity index (χ4n) is 1.78. The molecule has 1 unspecified atom stereocenters. The first-order chi connectivity index (χ1) is 7.72. The molecule has 16 heavy (non-hydrogen) atoms. The smallest absolute Gasteiger partial charge is 0.128 e. The van der Waals surface area contributed by atoms with Gasteiger partial charge in [-0.2, -0.15) is 0 Å². The first-order valence-corrected chi connectivity index (χ1v) is 5.98. The maximum absolute atomic E-state index is 5.53. The lowest BCUT2D eigenvalue weighted by Gasteiger charge is -2.15. The molecule has 0 saturated heterocycles. The lowest BCUT2D eigenvalue weighted by atomic mass is 10.0. The molecule has 1 aromatic carbocycles. The molecule has 0 bridgehead atoms. The summed E-state index contributed by atoms with van der Waals surface area (Å²) in [5.41, 5.74) is 2.37. The molecule has 3 heteroatoms. The normalized spacial score (nSPS) is 12.7. The molecular weight excluding hydrogens is 266 g/mol. The second kappa shape index (κ2) is 4.85. The molecule has 2 nitrogen and oxygen atoms in total. The van der Waals surface area contributed by atoms with E-state index in [1.807, 2.05) is 25.2 Å². The van der Waals surface area contributed by atoms with Crippen LogP contribution in [0.15, 0.2) is 45.5 Å². The lowest BCUT2D eigenvalue weighted by molar-refractivity contribution is 0.460. The van der Waals surface area contributed by atoms with Crippen molar-refractivity contribution < 1.29 is 4.42 Å². The van der Waals surface area contributed by atoms with Crippen molar-refractivity contribution in [3.63, 3.8) is 0 Å². The summed E-state index contributed by atoms with van der Waals surface area (Å²) in [6, 6.07) is 10.4. The molecule has 0 saturated carbocycles. The van der Waals surface area contributed by atoms with Gasteiger partial charge in [-0.3, -0.25) is 0 Å². The van der Waals surface area contributed by atoms with Crippen molar-refractivity contribution >= 4 is 15.9 Å². The zero-order valence-corrected chi connectivity index (χ0v) is 10.9. The number of furan rings is 1. The van der Waals surface area contributed by atoms with Gasteiger partial charge in [0.25, 0.3) is 0 Å². The molecule has 84 valence electrons. The van der Waals surface area contributed by atoms with Gasteiger partial charge in [0.2, 0.25) is 0 Å². The Morgan fingerprint density at radius 3 is 2.38 bits per heavy atom. The number of aryl methyl sites for hydroxylation is 1. The van der Waals surface area contributed by atoms with Crippen LogP contribution in [0.2, 0.25) is 0 Å². The van der Waals surface area contributed by atoms with Crippen molar-refractivity contribution in [2.24, 2.45) is 0 Å². The molecule has 0 spiro atoms. The van der Waals surface area contributed by atoms with E-state index in [0.29, 0.717) is 0 Å². The largest absolute Gasteiger partial charge is 0.467 e. The molecule has 0 aliphatic carbocycles. The van der Waals surface area contributed by atoms with Gasteiger partial charge >= 0.3 is 0 Å². The van der Waals surface area contributed by atoms with Gasteiger partial charge in [0.1, 0.15) is 5.76 Å². The zero-order valence-electron chi connectivity index (χ0n) is 9.33. The van der Waals surface area contributed by atoms with Gasteiger partial charge in [-0.25, -0.2) is 0 Å². The number of hydrogen-bond acceptors (Lipinski definition) is 2. The minimum absolute atomic E-state index is 0.114. The molecule has 0 radical (unpaired) electrons. The Morgan fingerprint density at radius 1 is 1.19 bits per heavy atom. The van der Waals surface area contributed by atoms with Crippen LogP contribution in [-0.2, 0) is 0 Å². The minimum atomic E-state index is 0.114. The van der Waals surface area contributed by atoms with Gasteiger partial charge in [-0.15, -0.1) is 0 Å². The monoisotopic (exact) mass is 279 g/mol. The molecule has 0 aliphatic heterocycles. The summed E-state index contributed by atoms with van der Waals surface area (Å²) < 4.78 is 6.61. The molecule has 1 heterocycles. The van der Waals surface area contributed by atoms with Crippen LogP contribution >= 0.6 is 15.9 Å². The molecular formula is C13H14BrNO. The molecule has 0 fully saturated rings. The van der Waals surface area contributed by atoms with Gasteiger partial charge in [0.15, 0.2) is 0 Å². The molecule has 1 aromatic heterocycles. The van der Waals surface area contributed by atoms with Gasteiger partial charge in [0, 0.05) is 4.47 Å². The van der Waals surface area contributed by atoms with E-state index >= 15 is 0 Å². The Kier molecular flexibility index (Phi) is 3.46. The average molecular weight is 280 g/mol. The van der Waals surface area contributed by atoms with E-state index < -0.39 is 0 Å². The molecule has 0 amide bonds. The van der Waals surface area contributed by atoms with Crippen LogP contribution in [0.5, 0.6) is 0 Å². The van der Waals surface area contributed by atoms with E-state index in [1.165, 1.54) is 11.1 Å². The van der Waals surface area contributed by atoms with Crippen molar-refractivity contribution in [1.82, 2.24) is 5.32 Å². The molecule has 1 atom stereocenters. The van der Waals surface area contributed by atoms with Gasteiger partial charge in [0.05, 0.1) is 12.3 Å². The van der Waals surface area contributed by atoms with E-state index in [2.05, 4.69) is 40.3 Å². The number of rotatable bonds is 3. The van der Waals surface area contributed by atoms with Crippen LogP contribution in [-0.4, -0.2) is 7.05 Å². The minimum Gasteiger partial charge on any atom is -0.467 e. The van der Waals surface area contributed by atoms with Crippen molar-refractivity contribution in [1.29, 1.82) is 0 Å². The summed E-state index contributed by atoms with van der Waals surface area (Å²) in [7, 11) is 1.94. The van der Waals surface area contributed by atoms with Gasteiger partial charge in [-0.1, -0.05) is 28.1 Å². The first-order valence-electron chi connectivity index (χ1n) is 5.19. The van der Waals surface area contributed by atoms with Gasteiger partial charge in [-0.05, 0) is 43.3 Å². The summed E-state index contributed by atoms with van der Waals surface area (Å²) in [4.78, 5) is 0. The summed E-state index contributed by atoms with van der Waals surface area (Å²) in [6.45, 7) is 2.06. The summed E-state index contributed by atoms with van der Waals surface area (Å²) in [6.07, 6.45) is 1.73. The third-order valence-electron chi connectivity index (χ3n) is 2.66. The number of halogens is 1. The van der Waals surface area contributed by atoms with Crippen LogP contribution in [0.25, 0.3) is 0 Å². The van der Waals surface area contributed by atoms with Crippen molar-refractivity contribution in [3.8, 4) is 0 Å². The van der Waals surface area contributed by atoms with E-state index in [4.69, 9.17) is 4.42 Å². The summed E-state index contributed by atoms with van der Waals surface area (Å²) in [5.74, 6) is 0.977. The van der Waals surface area contributed by atoms with Crippen molar-refractivity contribution in [2.45, 2.75) is 13.0 Å². The van der Waals surface area contributed by atoms with Crippen LogP contribution < -0.4 is 5.32 Å². The van der Waals surface area contributed by atoms with E-state index in [9.17, 15) is 0 Å². The first kappa shape index (κ1) is 11.4. The highest BCUT2D eigenvalue weighted by molar-refractivity contribution is 9.10. The predicted octanol–water partition coefficient (Wildman–Crippen LogP) is 3.66. The van der Waals surface area contributed by atoms with Crippen LogP contribution in [0.3, 0.4) is 0 Å². The maximum atomic E-state index is 5.53. The summed E-state index contributed by atoms with van der Waals surface area (Å²) >= 11 is 3.44. The molecule has 2 rings (SSSR count). The highest BCUT2D eigenvalue weighted by Gasteiger charge is 2.16. The van der Waals surface area contributed by atoms with Crippen LogP contribution in [0.4, 0.5) is 0 Å². The molecule has 1 N–H and O–H groups in total. The van der Waals surface area contributed by atoms with Crippen LogP contribution in [0, 0.1) is 6.92 Å². The third kappa shape index (κ3) is 2.20. The third-order valence-corrected chi connectivity index (χ3v) is 3.18. The summed E-state index contributed by atoms with van der Waals surface area (Å²) in [5, 5.41) is 3.27. The topological polar surface area (TPSA) is 25.2 Å². The Bertz CT molecular complexity index is 461. The van der Waals surface area contributed by atoms with Crippen LogP contribution in [0.1, 0.15) is 22.9 Å². The Balaban J connectivity index is 2.37. The number of hydrogen-bond donors (Lipinski definition) is 1. The average Bonchev–Trinajstić information content (AvgIpc) is 2.69. The fourth-order valence-corrected chi connectivity index (χ4v) is 2.05.